The Balaban J connectivity index is 1.57. The number of alkyl halides is 3. The Kier molecular flexibility index (Phi) is 3.60. The zero-order valence-electron chi connectivity index (χ0n) is 14.3. The fraction of sp³-hybridized carbons (Fsp3) is 0.350. The highest BCUT2D eigenvalue weighted by molar-refractivity contribution is 5.68. The first-order valence-corrected chi connectivity index (χ1v) is 9.00. The Morgan fingerprint density at radius 1 is 0.963 bits per heavy atom. The van der Waals surface area contributed by atoms with Gasteiger partial charge in [0.15, 0.2) is 0 Å². The van der Waals surface area contributed by atoms with Gasteiger partial charge in [0.05, 0.1) is 5.56 Å². The highest BCUT2D eigenvalue weighted by Crippen LogP contribution is 2.50. The smallest absolute Gasteiger partial charge is 0.334 e. The van der Waals surface area contributed by atoms with Gasteiger partial charge < -0.3 is 4.52 Å². The summed E-state index contributed by atoms with van der Waals surface area (Å²) in [6.45, 7) is 0. The molecule has 2 aliphatic carbocycles. The van der Waals surface area contributed by atoms with Crippen molar-refractivity contribution in [2.24, 2.45) is 0 Å². The average molecular weight is 371 g/mol. The van der Waals surface area contributed by atoms with Crippen molar-refractivity contribution in [1.29, 1.82) is 0 Å². The molecule has 1 aromatic carbocycles. The maximum Gasteiger partial charge on any atom is 0.416 e. The predicted molar refractivity (Wildman–Crippen MR) is 91.9 cm³/mol. The maximum atomic E-state index is 13.0. The Morgan fingerprint density at radius 2 is 1.63 bits per heavy atom. The van der Waals surface area contributed by atoms with Crippen LogP contribution in [0.2, 0.25) is 0 Å². The number of benzene rings is 1. The number of halogens is 3. The van der Waals surface area contributed by atoms with Crippen molar-refractivity contribution in [2.75, 3.05) is 0 Å². The molecule has 4 nitrogen and oxygen atoms in total. The molecule has 0 atom stereocenters. The summed E-state index contributed by atoms with van der Waals surface area (Å²) in [5.74, 6) is 1.45. The number of nitrogens with zero attached hydrogens (tertiary/aromatic N) is 3. The molecule has 27 heavy (non-hydrogen) atoms. The van der Waals surface area contributed by atoms with Gasteiger partial charge in [-0.1, -0.05) is 11.2 Å². The van der Waals surface area contributed by atoms with Gasteiger partial charge in [0.1, 0.15) is 0 Å². The molecular weight excluding hydrogens is 355 g/mol. The molecule has 7 heteroatoms. The fourth-order valence-electron chi connectivity index (χ4n) is 3.43. The zero-order chi connectivity index (χ0) is 18.6. The SMILES string of the molecule is FC(F)(F)c1cccc(-c2nc(-c3c(C4CC4)cncc3C3CC3)no2)c1. The van der Waals surface area contributed by atoms with Crippen molar-refractivity contribution in [2.45, 2.75) is 43.7 Å². The topological polar surface area (TPSA) is 51.8 Å². The monoisotopic (exact) mass is 371 g/mol. The second-order valence-corrected chi connectivity index (χ2v) is 7.24. The summed E-state index contributed by atoms with van der Waals surface area (Å²) in [6.07, 6.45) is 3.76. The average Bonchev–Trinajstić information content (AvgIpc) is 3.58. The maximum absolute atomic E-state index is 13.0. The minimum atomic E-state index is -4.41. The van der Waals surface area contributed by atoms with E-state index in [0.717, 1.165) is 54.5 Å². The zero-order valence-corrected chi connectivity index (χ0v) is 14.3. The lowest BCUT2D eigenvalue weighted by Crippen LogP contribution is -2.04. The third kappa shape index (κ3) is 3.11. The lowest BCUT2D eigenvalue weighted by atomic mass is 9.97. The highest BCUT2D eigenvalue weighted by atomic mass is 19.4. The van der Waals surface area contributed by atoms with E-state index in [9.17, 15) is 13.2 Å². The molecule has 0 radical (unpaired) electrons. The number of aromatic nitrogens is 3. The lowest BCUT2D eigenvalue weighted by molar-refractivity contribution is -0.137. The molecule has 0 N–H and O–H groups in total. The second kappa shape index (κ2) is 5.90. The Hall–Kier alpha value is -2.70. The molecule has 0 bridgehead atoms. The molecule has 0 aliphatic heterocycles. The van der Waals surface area contributed by atoms with Crippen LogP contribution in [0.1, 0.15) is 54.2 Å². The van der Waals surface area contributed by atoms with Gasteiger partial charge in [-0.05, 0) is 66.8 Å². The second-order valence-electron chi connectivity index (χ2n) is 7.24. The van der Waals surface area contributed by atoms with Gasteiger partial charge in [-0.3, -0.25) is 4.98 Å². The van der Waals surface area contributed by atoms with Gasteiger partial charge in [0, 0.05) is 23.5 Å². The normalized spacial score (nSPS) is 17.3. The number of hydrogen-bond donors (Lipinski definition) is 0. The first-order valence-electron chi connectivity index (χ1n) is 9.00. The van der Waals surface area contributed by atoms with Crippen LogP contribution in [-0.2, 0) is 6.18 Å². The van der Waals surface area contributed by atoms with Gasteiger partial charge in [0.25, 0.3) is 5.89 Å². The fourth-order valence-corrected chi connectivity index (χ4v) is 3.43. The number of hydrogen-bond acceptors (Lipinski definition) is 4. The van der Waals surface area contributed by atoms with Crippen molar-refractivity contribution >= 4 is 0 Å². The van der Waals surface area contributed by atoms with E-state index in [1.54, 1.807) is 6.07 Å². The van der Waals surface area contributed by atoms with E-state index < -0.39 is 11.7 Å². The predicted octanol–water partition coefficient (Wildman–Crippen LogP) is 5.57. The van der Waals surface area contributed by atoms with E-state index in [-0.39, 0.29) is 11.5 Å². The molecule has 0 saturated heterocycles. The number of pyridine rings is 1. The summed E-state index contributed by atoms with van der Waals surface area (Å²) in [5.41, 5.74) is 2.73. The van der Waals surface area contributed by atoms with E-state index in [0.29, 0.717) is 17.7 Å². The van der Waals surface area contributed by atoms with Crippen molar-refractivity contribution in [3.8, 4) is 22.8 Å². The van der Waals surface area contributed by atoms with Crippen LogP contribution < -0.4 is 0 Å². The summed E-state index contributed by atoms with van der Waals surface area (Å²) >= 11 is 0. The first kappa shape index (κ1) is 16.5. The first-order chi connectivity index (χ1) is 13.0. The van der Waals surface area contributed by atoms with Crippen LogP contribution in [-0.4, -0.2) is 15.1 Å². The molecule has 3 aromatic rings. The van der Waals surface area contributed by atoms with Crippen LogP contribution in [0.25, 0.3) is 22.8 Å². The molecule has 2 aromatic heterocycles. The van der Waals surface area contributed by atoms with E-state index in [2.05, 4.69) is 15.1 Å². The minimum Gasteiger partial charge on any atom is -0.334 e. The van der Waals surface area contributed by atoms with Crippen molar-refractivity contribution < 1.29 is 17.7 Å². The van der Waals surface area contributed by atoms with Crippen molar-refractivity contribution in [3.05, 3.63) is 53.3 Å². The third-order valence-corrected chi connectivity index (χ3v) is 5.13. The van der Waals surface area contributed by atoms with Crippen LogP contribution in [0.5, 0.6) is 0 Å². The van der Waals surface area contributed by atoms with E-state index in [4.69, 9.17) is 4.52 Å². The molecule has 0 amide bonds. The third-order valence-electron chi connectivity index (χ3n) is 5.13. The summed E-state index contributed by atoms with van der Waals surface area (Å²) in [4.78, 5) is 8.83. The molecule has 2 aliphatic rings. The van der Waals surface area contributed by atoms with Crippen molar-refractivity contribution in [1.82, 2.24) is 15.1 Å². The Morgan fingerprint density at radius 3 is 2.22 bits per heavy atom. The highest BCUT2D eigenvalue weighted by Gasteiger charge is 2.35. The van der Waals surface area contributed by atoms with E-state index in [1.165, 1.54) is 6.07 Å². The van der Waals surface area contributed by atoms with Crippen LogP contribution in [0, 0.1) is 0 Å². The largest absolute Gasteiger partial charge is 0.416 e. The van der Waals surface area contributed by atoms with Crippen molar-refractivity contribution in [3.63, 3.8) is 0 Å². The standard InChI is InChI=1S/C20H16F3N3O/c21-20(22,23)14-3-1-2-13(8-14)19-25-18(26-27-19)17-15(11-4-5-11)9-24-10-16(17)12-6-7-12/h1-3,8-12H,4-7H2. The summed E-state index contributed by atoms with van der Waals surface area (Å²) in [6, 6.07) is 4.95. The van der Waals surface area contributed by atoms with Gasteiger partial charge in [-0.25, -0.2) is 0 Å². The van der Waals surface area contributed by atoms with Crippen LogP contribution in [0.15, 0.2) is 41.2 Å². The molecule has 2 saturated carbocycles. The lowest BCUT2D eigenvalue weighted by Gasteiger charge is -2.10. The molecule has 138 valence electrons. The molecule has 5 rings (SSSR count). The van der Waals surface area contributed by atoms with E-state index in [1.807, 2.05) is 12.4 Å². The molecular formula is C20H16F3N3O. The van der Waals surface area contributed by atoms with Crippen LogP contribution in [0.3, 0.4) is 0 Å². The Labute approximate surface area is 153 Å². The van der Waals surface area contributed by atoms with Gasteiger partial charge in [-0.15, -0.1) is 0 Å². The molecule has 2 fully saturated rings. The summed E-state index contributed by atoms with van der Waals surface area (Å²) < 4.78 is 44.3. The Bertz CT molecular complexity index is 973. The van der Waals surface area contributed by atoms with E-state index >= 15 is 0 Å². The van der Waals surface area contributed by atoms with Gasteiger partial charge in [-0.2, -0.15) is 18.2 Å². The summed E-state index contributed by atoms with van der Waals surface area (Å²) in [7, 11) is 0. The van der Waals surface area contributed by atoms with Gasteiger partial charge >= 0.3 is 6.18 Å². The minimum absolute atomic E-state index is 0.0939. The molecule has 0 spiro atoms. The number of rotatable bonds is 4. The van der Waals surface area contributed by atoms with Crippen LogP contribution in [0.4, 0.5) is 13.2 Å². The summed E-state index contributed by atoms with van der Waals surface area (Å²) in [5, 5.41) is 4.10. The molecule has 2 heterocycles. The van der Waals surface area contributed by atoms with Crippen LogP contribution >= 0.6 is 0 Å². The molecule has 0 unspecified atom stereocenters. The quantitative estimate of drug-likeness (QED) is 0.601. The van der Waals surface area contributed by atoms with Gasteiger partial charge in [0.2, 0.25) is 5.82 Å².